The lowest BCUT2D eigenvalue weighted by Crippen LogP contribution is -2.19. The third-order valence-electron chi connectivity index (χ3n) is 10.5. The SMILES string of the molecule is CCCCOCCOCCC(=O)Cl.CCCCOCCOCCC(=O)Oc1ccc(OC(=O)CCOCCOCCCC)c(-n2ccccc2=O)c1.O=c1cccc[nH]1.O=c1ccccn1-c1cc(O)ccc1O.Oc1ccc(O)c(Br)c1. The molecule has 5 N–H and O–H groups in total. The number of esters is 2. The molecule has 23 heteroatoms. The molecule has 0 aliphatic carbocycles. The minimum Gasteiger partial charge on any atom is -0.508 e. The topological polar surface area (TPSA) is 283 Å². The van der Waals surface area contributed by atoms with Gasteiger partial charge in [-0.15, -0.1) is 0 Å². The summed E-state index contributed by atoms with van der Waals surface area (Å²) in [7, 11) is 0. The number of aromatic hydroxyl groups is 4. The Bertz CT molecular complexity index is 2920. The van der Waals surface area contributed by atoms with E-state index in [9.17, 15) is 39.0 Å². The van der Waals surface area contributed by atoms with E-state index in [0.29, 0.717) is 63.9 Å². The number of hydrogen-bond acceptors (Lipinski definition) is 18. The lowest BCUT2D eigenvalue weighted by Gasteiger charge is -2.14. The summed E-state index contributed by atoms with van der Waals surface area (Å²) in [6.45, 7) is 12.1. The maximum Gasteiger partial charge on any atom is 0.313 e. The highest BCUT2D eigenvalue weighted by Crippen LogP contribution is 2.29. The Hall–Kier alpha value is -7.15. The Morgan fingerprint density at radius 2 is 0.952 bits per heavy atom. The molecule has 6 aromatic rings. The van der Waals surface area contributed by atoms with Crippen molar-refractivity contribution in [1.82, 2.24) is 14.1 Å². The predicted molar refractivity (Wildman–Crippen MR) is 318 cm³/mol. The first kappa shape index (κ1) is 72.0. The molecule has 0 amide bonds. The molecule has 0 saturated heterocycles. The van der Waals surface area contributed by atoms with Gasteiger partial charge >= 0.3 is 11.9 Å². The molecular weight excluding hydrogens is 1170 g/mol. The molecule has 0 fully saturated rings. The average Bonchev–Trinajstić information content (AvgIpc) is 3.55. The number of halogens is 2. The van der Waals surface area contributed by atoms with Crippen molar-refractivity contribution >= 4 is 44.7 Å². The number of carbonyl (C=O) groups is 3. The number of pyridine rings is 3. The summed E-state index contributed by atoms with van der Waals surface area (Å²) in [6, 6.07) is 27.0. The van der Waals surface area contributed by atoms with Crippen LogP contribution in [0.25, 0.3) is 11.4 Å². The fourth-order valence-corrected chi connectivity index (χ4v) is 6.63. The average molecular weight is 1240 g/mol. The molecule has 3 aromatic carbocycles. The Kier molecular flexibility index (Phi) is 39.3. The smallest absolute Gasteiger partial charge is 0.313 e. The van der Waals surface area contributed by atoms with E-state index < -0.39 is 11.9 Å². The van der Waals surface area contributed by atoms with Crippen LogP contribution in [0.1, 0.15) is 78.6 Å². The normalized spacial score (nSPS) is 10.3. The van der Waals surface area contributed by atoms with E-state index in [0.717, 1.165) is 45.1 Å². The number of aromatic amines is 1. The number of nitrogens with zero attached hydrogens (tertiary/aromatic N) is 2. The summed E-state index contributed by atoms with van der Waals surface area (Å²) in [6.07, 6.45) is 11.4. The number of phenols is 4. The van der Waals surface area contributed by atoms with Crippen molar-refractivity contribution in [3.8, 4) is 45.9 Å². The molecule has 0 bridgehead atoms. The fourth-order valence-electron chi connectivity index (χ4n) is 6.19. The lowest BCUT2D eigenvalue weighted by molar-refractivity contribution is -0.136. The van der Waals surface area contributed by atoms with Crippen LogP contribution in [0.15, 0.2) is 147 Å². The molecule has 3 aromatic heterocycles. The number of hydrogen-bond donors (Lipinski definition) is 5. The number of rotatable bonds is 31. The molecule has 83 heavy (non-hydrogen) atoms. The van der Waals surface area contributed by atoms with Crippen molar-refractivity contribution in [2.75, 3.05) is 79.3 Å². The Morgan fingerprint density at radius 3 is 1.39 bits per heavy atom. The van der Waals surface area contributed by atoms with Crippen molar-refractivity contribution in [1.29, 1.82) is 0 Å². The first-order chi connectivity index (χ1) is 40.1. The van der Waals surface area contributed by atoms with Crippen molar-refractivity contribution < 1.29 is 72.7 Å². The van der Waals surface area contributed by atoms with Crippen molar-refractivity contribution in [3.63, 3.8) is 0 Å². The van der Waals surface area contributed by atoms with Gasteiger partial charge in [0.25, 0.3) is 11.1 Å². The van der Waals surface area contributed by atoms with Crippen molar-refractivity contribution in [2.45, 2.75) is 78.6 Å². The maximum atomic E-state index is 12.5. The quantitative estimate of drug-likeness (QED) is 0.00890. The highest BCUT2D eigenvalue weighted by Gasteiger charge is 2.16. The van der Waals surface area contributed by atoms with E-state index in [1.165, 1.54) is 88.1 Å². The van der Waals surface area contributed by atoms with Crippen LogP contribution in [-0.2, 0) is 42.8 Å². The van der Waals surface area contributed by atoms with Crippen LogP contribution in [0, 0.1) is 0 Å². The van der Waals surface area contributed by atoms with E-state index >= 15 is 0 Å². The second-order valence-electron chi connectivity index (χ2n) is 17.3. The maximum absolute atomic E-state index is 12.5. The fraction of sp³-hybridized carbons (Fsp3) is 0.400. The first-order valence-corrected chi connectivity index (χ1v) is 28.2. The Morgan fingerprint density at radius 1 is 0.494 bits per heavy atom. The van der Waals surface area contributed by atoms with E-state index in [4.69, 9.17) is 59.7 Å². The van der Waals surface area contributed by atoms with Gasteiger partial charge < -0.3 is 63.3 Å². The summed E-state index contributed by atoms with van der Waals surface area (Å²) in [5.41, 5.74) is -0.120. The summed E-state index contributed by atoms with van der Waals surface area (Å²) >= 11 is 8.14. The predicted octanol–water partition coefficient (Wildman–Crippen LogP) is 9.55. The van der Waals surface area contributed by atoms with E-state index in [-0.39, 0.29) is 100 Å². The van der Waals surface area contributed by atoms with Gasteiger partial charge in [-0.1, -0.05) is 58.2 Å². The van der Waals surface area contributed by atoms with Gasteiger partial charge in [0.15, 0.2) is 5.75 Å². The molecule has 6 rings (SSSR count). The number of benzene rings is 3. The third kappa shape index (κ3) is 34.2. The first-order valence-electron chi connectivity index (χ1n) is 27.0. The second kappa shape index (κ2) is 45.4. The number of unbranched alkanes of at least 4 members (excludes halogenated alkanes) is 3. The molecule has 0 saturated carbocycles. The summed E-state index contributed by atoms with van der Waals surface area (Å²) in [5.74, 6) is -0.434. The highest BCUT2D eigenvalue weighted by molar-refractivity contribution is 9.10. The zero-order valence-electron chi connectivity index (χ0n) is 47.1. The van der Waals surface area contributed by atoms with Gasteiger partial charge in [0.05, 0.1) is 88.2 Å². The summed E-state index contributed by atoms with van der Waals surface area (Å²) in [5, 5.41) is 36.1. The van der Waals surface area contributed by atoms with Crippen LogP contribution < -0.4 is 26.2 Å². The van der Waals surface area contributed by atoms with Gasteiger partial charge in [0.2, 0.25) is 10.8 Å². The van der Waals surface area contributed by atoms with Crippen LogP contribution in [0.2, 0.25) is 0 Å². The van der Waals surface area contributed by atoms with Gasteiger partial charge in [-0.3, -0.25) is 37.9 Å². The molecule has 0 atom stereocenters. The summed E-state index contributed by atoms with van der Waals surface area (Å²) < 4.78 is 46.0. The van der Waals surface area contributed by atoms with Gasteiger partial charge in [-0.05, 0) is 107 Å². The monoisotopic (exact) mass is 1240 g/mol. The summed E-state index contributed by atoms with van der Waals surface area (Å²) in [4.78, 5) is 71.6. The number of phenolic OH excluding ortho intramolecular Hbond substituents is 4. The third-order valence-corrected chi connectivity index (χ3v) is 11.3. The van der Waals surface area contributed by atoms with Gasteiger partial charge in [-0.25, -0.2) is 0 Å². The minimum atomic E-state index is -0.521. The molecule has 3 heterocycles. The van der Waals surface area contributed by atoms with E-state index in [1.807, 2.05) is 0 Å². The standard InChI is InChI=1S/C29H41NO9.C11H9NO3.C9H17ClO3.C6H5BrO2.C5H5NO/c1-3-5-15-34-19-21-36-17-12-28(32)38-24-10-11-26(25(23-24)30-14-8-7-9-27(30)31)39-29(33)13-18-37-22-20-35-16-6-4-2;13-8-4-5-10(14)9(7-8)12-6-2-1-3-11(12)15;1-2-3-5-12-7-8-13-6-4-9(10)11;7-5-3-4(8)1-2-6(5)9;7-5-3-1-2-4-6-5/h7-11,14,23H,3-6,12-13,15-22H2,1-2H3;1-7,13-14H;2-8H2,1H3;1-3,8-9H;1-4H,(H,6,7). The van der Waals surface area contributed by atoms with E-state index in [1.54, 1.807) is 48.8 Å². The minimum absolute atomic E-state index is 0.00134. The number of ether oxygens (including phenoxy) is 8. The molecule has 0 spiro atoms. The lowest BCUT2D eigenvalue weighted by atomic mass is 10.2. The molecular formula is C60H77BrClN3O18. The van der Waals surface area contributed by atoms with Gasteiger partial charge in [0, 0.05) is 75.2 Å². The van der Waals surface area contributed by atoms with Gasteiger partial charge in [-0.2, -0.15) is 0 Å². The highest BCUT2D eigenvalue weighted by atomic mass is 79.9. The van der Waals surface area contributed by atoms with E-state index in [2.05, 4.69) is 41.7 Å². The van der Waals surface area contributed by atoms with Crippen molar-refractivity contribution in [3.05, 3.63) is 163 Å². The van der Waals surface area contributed by atoms with Crippen LogP contribution in [0.5, 0.6) is 34.5 Å². The number of aromatic nitrogens is 3. The molecule has 0 aliphatic heterocycles. The number of H-pyrrole nitrogens is 1. The van der Waals surface area contributed by atoms with Crippen LogP contribution in [0.4, 0.5) is 0 Å². The second-order valence-corrected chi connectivity index (χ2v) is 18.5. The van der Waals surface area contributed by atoms with Crippen LogP contribution in [-0.4, -0.2) is 131 Å². The van der Waals surface area contributed by atoms with Gasteiger partial charge in [0.1, 0.15) is 28.7 Å². The number of nitrogens with one attached hydrogen (secondary N) is 1. The Labute approximate surface area is 496 Å². The number of carbonyl (C=O) groups excluding carboxylic acids is 3. The van der Waals surface area contributed by atoms with Crippen LogP contribution in [0.3, 0.4) is 0 Å². The van der Waals surface area contributed by atoms with Crippen molar-refractivity contribution in [2.24, 2.45) is 0 Å². The zero-order chi connectivity index (χ0) is 60.9. The Balaban J connectivity index is 0.000000428. The van der Waals surface area contributed by atoms with Crippen LogP contribution >= 0.6 is 27.5 Å². The molecule has 0 radical (unpaired) electrons. The largest absolute Gasteiger partial charge is 0.508 e. The molecule has 454 valence electrons. The zero-order valence-corrected chi connectivity index (χ0v) is 49.5. The molecule has 0 unspecified atom stereocenters. The molecule has 21 nitrogen and oxygen atoms in total. The molecule has 0 aliphatic rings.